The van der Waals surface area contributed by atoms with E-state index in [4.69, 9.17) is 25.8 Å². The number of morpholine rings is 1. The predicted octanol–water partition coefficient (Wildman–Crippen LogP) is 4.37. The summed E-state index contributed by atoms with van der Waals surface area (Å²) in [6.45, 7) is 1.96. The van der Waals surface area contributed by atoms with Gasteiger partial charge in [-0.2, -0.15) is 0 Å². The maximum absolute atomic E-state index is 13.5. The Bertz CT molecular complexity index is 1100. The summed E-state index contributed by atoms with van der Waals surface area (Å²) in [4.78, 5) is 11.1. The molecule has 3 heterocycles. The topological polar surface area (TPSA) is 68.7 Å². The quantitative estimate of drug-likeness (QED) is 0.605. The van der Waals surface area contributed by atoms with Gasteiger partial charge in [-0.15, -0.1) is 0 Å². The van der Waals surface area contributed by atoms with Crippen molar-refractivity contribution in [1.82, 2.24) is 14.9 Å². The molecule has 162 valence electrons. The number of benzene rings is 2. The maximum atomic E-state index is 13.5. The Kier molecular flexibility index (Phi) is 5.52. The average molecular weight is 445 g/mol. The Morgan fingerprint density at radius 2 is 1.97 bits per heavy atom. The summed E-state index contributed by atoms with van der Waals surface area (Å²) in [6, 6.07) is 8.91. The monoisotopic (exact) mass is 444 g/mol. The van der Waals surface area contributed by atoms with Gasteiger partial charge in [-0.25, -0.2) is 14.4 Å². The smallest absolute Gasteiger partial charge is 0.164 e. The fourth-order valence-electron chi connectivity index (χ4n) is 4.21. The van der Waals surface area contributed by atoms with Crippen molar-refractivity contribution in [3.05, 3.63) is 47.5 Å². The highest BCUT2D eigenvalue weighted by molar-refractivity contribution is 6.31. The van der Waals surface area contributed by atoms with Crippen LogP contribution < -0.4 is 14.8 Å². The lowest BCUT2D eigenvalue weighted by Crippen LogP contribution is -2.47. The summed E-state index contributed by atoms with van der Waals surface area (Å²) >= 11 is 5.91. The van der Waals surface area contributed by atoms with Gasteiger partial charge in [0.15, 0.2) is 11.5 Å². The van der Waals surface area contributed by atoms with Crippen LogP contribution in [0.4, 0.5) is 15.9 Å². The van der Waals surface area contributed by atoms with Crippen LogP contribution in [0.25, 0.3) is 10.9 Å². The fourth-order valence-corrected chi connectivity index (χ4v) is 4.39. The Balaban J connectivity index is 1.44. The van der Waals surface area contributed by atoms with Crippen LogP contribution in [0.3, 0.4) is 0 Å². The minimum absolute atomic E-state index is 0.0363. The van der Waals surface area contributed by atoms with Gasteiger partial charge in [0.25, 0.3) is 0 Å². The number of anilines is 2. The van der Waals surface area contributed by atoms with Crippen molar-refractivity contribution in [2.75, 3.05) is 32.4 Å². The van der Waals surface area contributed by atoms with Crippen LogP contribution in [0.1, 0.15) is 12.8 Å². The summed E-state index contributed by atoms with van der Waals surface area (Å²) in [5.41, 5.74) is 1.32. The molecule has 1 aromatic heterocycles. The van der Waals surface area contributed by atoms with Gasteiger partial charge in [0, 0.05) is 29.2 Å². The van der Waals surface area contributed by atoms with Crippen LogP contribution in [0.2, 0.25) is 5.02 Å². The molecule has 2 aromatic carbocycles. The van der Waals surface area contributed by atoms with E-state index in [1.165, 1.54) is 18.5 Å². The molecule has 7 nitrogen and oxygen atoms in total. The minimum atomic E-state index is -0.475. The van der Waals surface area contributed by atoms with Crippen molar-refractivity contribution in [2.45, 2.75) is 24.9 Å². The molecule has 31 heavy (non-hydrogen) atoms. The number of hydrogen-bond acceptors (Lipinski definition) is 7. The molecule has 1 N–H and O–H groups in total. The minimum Gasteiger partial charge on any atom is -0.493 e. The Morgan fingerprint density at radius 3 is 2.71 bits per heavy atom. The van der Waals surface area contributed by atoms with Crippen LogP contribution >= 0.6 is 11.6 Å². The largest absolute Gasteiger partial charge is 0.493 e. The van der Waals surface area contributed by atoms with Gasteiger partial charge in [-0.05, 0) is 37.1 Å². The van der Waals surface area contributed by atoms with E-state index >= 15 is 0 Å². The van der Waals surface area contributed by atoms with Crippen LogP contribution in [0.5, 0.6) is 11.5 Å². The lowest BCUT2D eigenvalue weighted by Gasteiger charge is -2.34. The Hall–Kier alpha value is -2.68. The summed E-state index contributed by atoms with van der Waals surface area (Å²) < 4.78 is 30.9. The number of ether oxygens (including phenoxy) is 3. The summed E-state index contributed by atoms with van der Waals surface area (Å²) in [7, 11) is 1.60. The first-order valence-electron chi connectivity index (χ1n) is 10.1. The maximum Gasteiger partial charge on any atom is 0.164 e. The molecule has 2 fully saturated rings. The number of nitrogens with zero attached hydrogens (tertiary/aromatic N) is 3. The Labute approximate surface area is 184 Å². The van der Waals surface area contributed by atoms with Gasteiger partial charge in [0.1, 0.15) is 24.7 Å². The van der Waals surface area contributed by atoms with Crippen molar-refractivity contribution in [3.8, 4) is 11.5 Å². The lowest BCUT2D eigenvalue weighted by molar-refractivity contribution is -0.0458. The molecule has 2 atom stereocenters. The fraction of sp³-hybridized carbons (Fsp3) is 0.364. The van der Waals surface area contributed by atoms with E-state index in [9.17, 15) is 4.39 Å². The van der Waals surface area contributed by atoms with E-state index in [0.717, 1.165) is 31.4 Å². The van der Waals surface area contributed by atoms with E-state index < -0.39 is 5.82 Å². The highest BCUT2D eigenvalue weighted by Crippen LogP contribution is 2.36. The van der Waals surface area contributed by atoms with Crippen LogP contribution in [0.15, 0.2) is 36.7 Å². The number of hydrogen-bond donors (Lipinski definition) is 1. The van der Waals surface area contributed by atoms with Crippen molar-refractivity contribution < 1.29 is 18.6 Å². The van der Waals surface area contributed by atoms with Crippen LogP contribution in [-0.2, 0) is 4.74 Å². The Morgan fingerprint density at radius 1 is 1.16 bits per heavy atom. The first-order valence-corrected chi connectivity index (χ1v) is 10.5. The summed E-state index contributed by atoms with van der Waals surface area (Å²) in [5.74, 6) is 1.29. The molecule has 2 bridgehead atoms. The SMILES string of the molecule is COc1cc2ncnc(Nc3ccc(F)c(Cl)c3)c2cc1OCN1C2CCC1COC2. The highest BCUT2D eigenvalue weighted by Gasteiger charge is 2.37. The second-order valence-electron chi connectivity index (χ2n) is 7.71. The summed E-state index contributed by atoms with van der Waals surface area (Å²) in [6.07, 6.45) is 3.72. The molecule has 2 aliphatic rings. The van der Waals surface area contributed by atoms with Crippen molar-refractivity contribution in [1.29, 1.82) is 0 Å². The zero-order chi connectivity index (χ0) is 21.4. The van der Waals surface area contributed by atoms with Crippen molar-refractivity contribution >= 4 is 34.0 Å². The molecule has 9 heteroatoms. The van der Waals surface area contributed by atoms with Gasteiger partial charge < -0.3 is 19.5 Å². The van der Waals surface area contributed by atoms with Crippen LogP contribution in [0, 0.1) is 5.82 Å². The normalized spacial score (nSPS) is 20.7. The number of aromatic nitrogens is 2. The molecular formula is C22H22ClFN4O3. The predicted molar refractivity (Wildman–Crippen MR) is 116 cm³/mol. The molecule has 2 unspecified atom stereocenters. The number of nitrogens with one attached hydrogen (secondary N) is 1. The second-order valence-corrected chi connectivity index (χ2v) is 8.11. The standard InChI is InChI=1S/C22H22ClFN4O3/c1-29-20-8-19-16(7-21(20)31-12-28-14-3-4-15(28)10-30-9-14)22(26-11-25-19)27-13-2-5-18(24)17(23)6-13/h2,5-8,11,14-15H,3-4,9-10,12H2,1H3,(H,25,26,27). The molecule has 0 radical (unpaired) electrons. The van der Waals surface area contributed by atoms with Gasteiger partial charge in [0.2, 0.25) is 0 Å². The van der Waals surface area contributed by atoms with Gasteiger partial charge >= 0.3 is 0 Å². The molecule has 0 amide bonds. The number of rotatable bonds is 6. The zero-order valence-electron chi connectivity index (χ0n) is 17.0. The average Bonchev–Trinajstić information content (AvgIpc) is 2.99. The molecule has 0 aliphatic carbocycles. The van der Waals surface area contributed by atoms with Gasteiger partial charge in [-0.3, -0.25) is 4.90 Å². The number of halogens is 2. The second kappa shape index (κ2) is 8.45. The molecule has 0 spiro atoms. The van der Waals surface area contributed by atoms with Crippen LogP contribution in [-0.4, -0.2) is 54.0 Å². The lowest BCUT2D eigenvalue weighted by atomic mass is 10.2. The van der Waals surface area contributed by atoms with E-state index in [1.807, 2.05) is 12.1 Å². The summed E-state index contributed by atoms with van der Waals surface area (Å²) in [5, 5.41) is 3.97. The van der Waals surface area contributed by atoms with Gasteiger partial charge in [-0.1, -0.05) is 11.6 Å². The van der Waals surface area contributed by atoms with Gasteiger partial charge in [0.05, 0.1) is 30.9 Å². The molecule has 2 saturated heterocycles. The number of methoxy groups -OCH3 is 1. The van der Waals surface area contributed by atoms with E-state index in [2.05, 4.69) is 20.2 Å². The molecule has 3 aromatic rings. The van der Waals surface area contributed by atoms with E-state index in [-0.39, 0.29) is 5.02 Å². The highest BCUT2D eigenvalue weighted by atomic mass is 35.5. The molecule has 0 saturated carbocycles. The van der Waals surface area contributed by atoms with Crippen molar-refractivity contribution in [2.24, 2.45) is 0 Å². The molecular weight excluding hydrogens is 423 g/mol. The van der Waals surface area contributed by atoms with E-state index in [1.54, 1.807) is 13.2 Å². The van der Waals surface area contributed by atoms with E-state index in [0.29, 0.717) is 47.3 Å². The third-order valence-corrected chi connectivity index (χ3v) is 6.15. The zero-order valence-corrected chi connectivity index (χ0v) is 17.7. The van der Waals surface area contributed by atoms with Crippen molar-refractivity contribution in [3.63, 3.8) is 0 Å². The third kappa shape index (κ3) is 3.98. The third-order valence-electron chi connectivity index (χ3n) is 5.86. The molecule has 2 aliphatic heterocycles. The first kappa shape index (κ1) is 20.2. The first-order chi connectivity index (χ1) is 15.1. The molecule has 5 rings (SSSR count). The number of fused-ring (bicyclic) bond motifs is 3.